The van der Waals surface area contributed by atoms with Gasteiger partial charge in [0.1, 0.15) is 0 Å². The van der Waals surface area contributed by atoms with Crippen molar-refractivity contribution in [2.45, 2.75) is 13.8 Å². The Morgan fingerprint density at radius 2 is 2.12 bits per heavy atom. The highest BCUT2D eigenvalue weighted by molar-refractivity contribution is 7.71. The van der Waals surface area contributed by atoms with Gasteiger partial charge in [0.2, 0.25) is 4.77 Å². The van der Waals surface area contributed by atoms with Crippen LogP contribution in [0.15, 0.2) is 47.6 Å². The summed E-state index contributed by atoms with van der Waals surface area (Å²) in [7, 11) is 0. The minimum absolute atomic E-state index is 0.0968. The van der Waals surface area contributed by atoms with E-state index in [9.17, 15) is 5.11 Å². The van der Waals surface area contributed by atoms with E-state index in [0.29, 0.717) is 23.0 Å². The zero-order valence-electron chi connectivity index (χ0n) is 13.9. The standard InChI is InChI=1S/C18H18N4O2S/c1-3-24-16-10-13(8-9-15(16)23)11-19-22-17(20-21-18(22)25)14-7-5-4-6-12(14)2/h4-11,23H,3H2,1-2H3,(H,21,25). The Morgan fingerprint density at radius 1 is 1.32 bits per heavy atom. The third kappa shape index (κ3) is 3.61. The van der Waals surface area contributed by atoms with Crippen molar-refractivity contribution in [2.24, 2.45) is 5.10 Å². The summed E-state index contributed by atoms with van der Waals surface area (Å²) in [6.07, 6.45) is 1.65. The molecule has 0 spiro atoms. The van der Waals surface area contributed by atoms with Gasteiger partial charge in [-0.15, -0.1) is 0 Å². The number of phenols is 1. The van der Waals surface area contributed by atoms with Crippen LogP contribution in [0.1, 0.15) is 18.1 Å². The largest absolute Gasteiger partial charge is 0.504 e. The lowest BCUT2D eigenvalue weighted by Crippen LogP contribution is -1.97. The Bertz CT molecular complexity index is 975. The van der Waals surface area contributed by atoms with Gasteiger partial charge >= 0.3 is 0 Å². The van der Waals surface area contributed by atoms with Crippen molar-refractivity contribution in [3.63, 3.8) is 0 Å². The molecule has 0 bridgehead atoms. The second kappa shape index (κ2) is 7.31. The van der Waals surface area contributed by atoms with Crippen LogP contribution in [-0.2, 0) is 0 Å². The quantitative estimate of drug-likeness (QED) is 0.538. The number of H-pyrrole nitrogens is 1. The maximum atomic E-state index is 9.78. The van der Waals surface area contributed by atoms with Crippen LogP contribution in [0.25, 0.3) is 11.4 Å². The molecule has 25 heavy (non-hydrogen) atoms. The van der Waals surface area contributed by atoms with Crippen molar-refractivity contribution in [1.82, 2.24) is 14.9 Å². The van der Waals surface area contributed by atoms with Gasteiger partial charge in [0.25, 0.3) is 0 Å². The molecule has 0 atom stereocenters. The molecular formula is C18H18N4O2S. The molecule has 0 amide bonds. The highest BCUT2D eigenvalue weighted by atomic mass is 32.1. The summed E-state index contributed by atoms with van der Waals surface area (Å²) in [5.74, 6) is 1.16. The average molecular weight is 354 g/mol. The fourth-order valence-electron chi connectivity index (χ4n) is 2.40. The van der Waals surface area contributed by atoms with Crippen molar-refractivity contribution < 1.29 is 9.84 Å². The minimum Gasteiger partial charge on any atom is -0.504 e. The third-order valence-corrected chi connectivity index (χ3v) is 3.91. The van der Waals surface area contributed by atoms with Gasteiger partial charge in [-0.3, -0.25) is 0 Å². The molecule has 1 heterocycles. The second-order valence-electron chi connectivity index (χ2n) is 5.38. The Kier molecular flexibility index (Phi) is 4.95. The van der Waals surface area contributed by atoms with E-state index >= 15 is 0 Å². The fourth-order valence-corrected chi connectivity index (χ4v) is 2.58. The zero-order chi connectivity index (χ0) is 17.8. The van der Waals surface area contributed by atoms with Crippen LogP contribution in [0.2, 0.25) is 0 Å². The van der Waals surface area contributed by atoms with Gasteiger partial charge in [-0.1, -0.05) is 24.3 Å². The average Bonchev–Trinajstić information content (AvgIpc) is 2.97. The molecule has 0 unspecified atom stereocenters. The number of rotatable bonds is 5. The van der Waals surface area contributed by atoms with Gasteiger partial charge in [0, 0.05) is 5.56 Å². The van der Waals surface area contributed by atoms with Gasteiger partial charge in [0.05, 0.1) is 12.8 Å². The molecule has 0 radical (unpaired) electrons. The van der Waals surface area contributed by atoms with Crippen LogP contribution < -0.4 is 4.74 Å². The van der Waals surface area contributed by atoms with Crippen molar-refractivity contribution in [1.29, 1.82) is 0 Å². The maximum Gasteiger partial charge on any atom is 0.216 e. The number of nitrogens with one attached hydrogen (secondary N) is 1. The fraction of sp³-hybridized carbons (Fsp3) is 0.167. The molecule has 1 aromatic heterocycles. The SMILES string of the molecule is CCOc1cc(C=Nn2c(-c3ccccc3C)n[nH]c2=S)ccc1O. The molecule has 0 aliphatic carbocycles. The molecule has 0 aliphatic rings. The molecule has 2 N–H and O–H groups in total. The van der Waals surface area contributed by atoms with Gasteiger partial charge in [0.15, 0.2) is 17.3 Å². The van der Waals surface area contributed by atoms with Crippen LogP contribution in [0.5, 0.6) is 11.5 Å². The number of hydrogen-bond acceptors (Lipinski definition) is 5. The number of phenolic OH excluding ortho intramolecular Hbond substituents is 1. The summed E-state index contributed by atoms with van der Waals surface area (Å²) in [5, 5.41) is 21.3. The number of aromatic hydroxyl groups is 1. The van der Waals surface area contributed by atoms with E-state index in [1.54, 1.807) is 29.1 Å². The molecule has 0 fully saturated rings. The summed E-state index contributed by atoms with van der Waals surface area (Å²) < 4.78 is 7.36. The summed E-state index contributed by atoms with van der Waals surface area (Å²) >= 11 is 5.29. The first kappa shape index (κ1) is 16.9. The Labute approximate surface area is 150 Å². The molecule has 0 saturated carbocycles. The molecule has 3 rings (SSSR count). The highest BCUT2D eigenvalue weighted by Gasteiger charge is 2.10. The number of aromatic nitrogens is 3. The van der Waals surface area contributed by atoms with E-state index in [4.69, 9.17) is 17.0 Å². The first-order valence-electron chi connectivity index (χ1n) is 7.83. The van der Waals surface area contributed by atoms with Crippen LogP contribution in [0.4, 0.5) is 0 Å². The van der Waals surface area contributed by atoms with E-state index in [1.165, 1.54) is 0 Å². The first-order valence-corrected chi connectivity index (χ1v) is 8.24. The lowest BCUT2D eigenvalue weighted by Gasteiger charge is -2.06. The van der Waals surface area contributed by atoms with Gasteiger partial charge in [-0.25, -0.2) is 5.10 Å². The molecule has 7 heteroatoms. The zero-order valence-corrected chi connectivity index (χ0v) is 14.7. The third-order valence-electron chi connectivity index (χ3n) is 3.64. The normalized spacial score (nSPS) is 11.1. The van der Waals surface area contributed by atoms with Crippen LogP contribution in [0.3, 0.4) is 0 Å². The lowest BCUT2D eigenvalue weighted by molar-refractivity contribution is 0.318. The monoisotopic (exact) mass is 354 g/mol. The molecule has 6 nitrogen and oxygen atoms in total. The molecule has 128 valence electrons. The molecule has 2 aromatic carbocycles. The van der Waals surface area contributed by atoms with E-state index in [0.717, 1.165) is 16.7 Å². The molecule has 0 saturated heterocycles. The van der Waals surface area contributed by atoms with E-state index in [1.807, 2.05) is 38.1 Å². The Balaban J connectivity index is 1.98. The van der Waals surface area contributed by atoms with E-state index < -0.39 is 0 Å². The summed E-state index contributed by atoms with van der Waals surface area (Å²) in [6, 6.07) is 12.9. The van der Waals surface area contributed by atoms with Gasteiger partial charge < -0.3 is 9.84 Å². The molecule has 0 aliphatic heterocycles. The van der Waals surface area contributed by atoms with Crippen molar-refractivity contribution >= 4 is 18.4 Å². The van der Waals surface area contributed by atoms with Gasteiger partial charge in [-0.2, -0.15) is 14.9 Å². The van der Waals surface area contributed by atoms with Crippen molar-refractivity contribution in [3.05, 3.63) is 58.4 Å². The molecule has 3 aromatic rings. The predicted octanol–water partition coefficient (Wildman–Crippen LogP) is 3.90. The Morgan fingerprint density at radius 3 is 2.88 bits per heavy atom. The van der Waals surface area contributed by atoms with E-state index in [-0.39, 0.29) is 5.75 Å². The van der Waals surface area contributed by atoms with Crippen LogP contribution >= 0.6 is 12.2 Å². The smallest absolute Gasteiger partial charge is 0.216 e. The first-order chi connectivity index (χ1) is 12.1. The van der Waals surface area contributed by atoms with Gasteiger partial charge in [-0.05, 0) is 55.4 Å². The molecular weight excluding hydrogens is 336 g/mol. The van der Waals surface area contributed by atoms with Crippen molar-refractivity contribution in [2.75, 3.05) is 6.61 Å². The number of nitrogens with zero attached hydrogens (tertiary/aromatic N) is 3. The topological polar surface area (TPSA) is 75.4 Å². The van der Waals surface area contributed by atoms with Crippen LogP contribution in [-0.4, -0.2) is 32.8 Å². The van der Waals surface area contributed by atoms with E-state index in [2.05, 4.69) is 15.3 Å². The number of benzene rings is 2. The maximum absolute atomic E-state index is 9.78. The summed E-state index contributed by atoms with van der Waals surface area (Å²) in [4.78, 5) is 0. The second-order valence-corrected chi connectivity index (χ2v) is 5.77. The predicted molar refractivity (Wildman–Crippen MR) is 99.9 cm³/mol. The lowest BCUT2D eigenvalue weighted by atomic mass is 10.1. The minimum atomic E-state index is 0.0968. The number of aromatic amines is 1. The highest BCUT2D eigenvalue weighted by Crippen LogP contribution is 2.26. The summed E-state index contributed by atoms with van der Waals surface area (Å²) in [5.41, 5.74) is 2.81. The number of ether oxygens (including phenoxy) is 1. The number of hydrogen-bond donors (Lipinski definition) is 2. The van der Waals surface area contributed by atoms with Crippen LogP contribution in [0, 0.1) is 11.7 Å². The number of aryl methyl sites for hydroxylation is 1. The summed E-state index contributed by atoms with van der Waals surface area (Å²) in [6.45, 7) is 4.34. The Hall–Kier alpha value is -2.93. The van der Waals surface area contributed by atoms with Crippen molar-refractivity contribution in [3.8, 4) is 22.9 Å².